The lowest BCUT2D eigenvalue weighted by atomic mass is 10.1. The lowest BCUT2D eigenvalue weighted by Crippen LogP contribution is -2.39. The summed E-state index contributed by atoms with van der Waals surface area (Å²) >= 11 is 0. The quantitative estimate of drug-likeness (QED) is 0.849. The summed E-state index contributed by atoms with van der Waals surface area (Å²) in [5, 5.41) is 2.42. The van der Waals surface area contributed by atoms with Crippen LogP contribution in [-0.4, -0.2) is 37.2 Å². The minimum atomic E-state index is -5.74. The molecule has 1 heterocycles. The van der Waals surface area contributed by atoms with E-state index in [4.69, 9.17) is 0 Å². The molecule has 0 unspecified atom stereocenters. The summed E-state index contributed by atoms with van der Waals surface area (Å²) in [5.41, 5.74) is -1.29. The molecular formula is C12H14F5N3O. The van der Waals surface area contributed by atoms with Gasteiger partial charge >= 0.3 is 12.1 Å². The number of carbonyl (C=O) groups is 1. The zero-order valence-corrected chi connectivity index (χ0v) is 11.3. The molecule has 0 spiro atoms. The number of hydrogen-bond donors (Lipinski definition) is 1. The Kier molecular flexibility index (Phi) is 5.08. The molecule has 0 fully saturated rings. The van der Waals surface area contributed by atoms with Gasteiger partial charge in [0, 0.05) is 19.8 Å². The summed E-state index contributed by atoms with van der Waals surface area (Å²) in [6.45, 7) is 1.59. The van der Waals surface area contributed by atoms with Crippen molar-refractivity contribution in [3.63, 3.8) is 0 Å². The van der Waals surface area contributed by atoms with Crippen molar-refractivity contribution in [2.24, 2.45) is 0 Å². The molecule has 1 amide bonds. The second-order valence-electron chi connectivity index (χ2n) is 4.26. The van der Waals surface area contributed by atoms with Crippen molar-refractivity contribution in [3.8, 4) is 0 Å². The zero-order valence-electron chi connectivity index (χ0n) is 11.3. The first-order valence-electron chi connectivity index (χ1n) is 5.99. The Labute approximate surface area is 118 Å². The third-order valence-electron chi connectivity index (χ3n) is 2.60. The van der Waals surface area contributed by atoms with Crippen molar-refractivity contribution in [1.82, 2.24) is 10.3 Å². The van der Waals surface area contributed by atoms with Crippen LogP contribution in [-0.2, 0) is 10.7 Å². The van der Waals surface area contributed by atoms with Crippen LogP contribution in [0.15, 0.2) is 18.3 Å². The molecule has 9 heteroatoms. The molecule has 0 saturated carbocycles. The predicted octanol–water partition coefficient (Wildman–Crippen LogP) is 2.31. The molecule has 21 heavy (non-hydrogen) atoms. The fourth-order valence-corrected chi connectivity index (χ4v) is 1.64. The van der Waals surface area contributed by atoms with E-state index in [-0.39, 0.29) is 6.54 Å². The smallest absolute Gasteiger partial charge is 0.355 e. The molecule has 0 aromatic carbocycles. The molecule has 0 bridgehead atoms. The number of pyridine rings is 1. The molecule has 0 radical (unpaired) electrons. The molecule has 0 aliphatic heterocycles. The number of alkyl halides is 5. The molecular weight excluding hydrogens is 297 g/mol. The van der Waals surface area contributed by atoms with E-state index in [9.17, 15) is 26.7 Å². The molecule has 1 aromatic rings. The fourth-order valence-electron chi connectivity index (χ4n) is 1.64. The first kappa shape index (κ1) is 17.1. The van der Waals surface area contributed by atoms with Gasteiger partial charge in [0.15, 0.2) is 0 Å². The molecule has 4 nitrogen and oxygen atoms in total. The number of rotatable bonds is 5. The lowest BCUT2D eigenvalue weighted by Gasteiger charge is -2.26. The van der Waals surface area contributed by atoms with Crippen molar-refractivity contribution in [2.45, 2.75) is 19.0 Å². The van der Waals surface area contributed by atoms with Gasteiger partial charge in [0.2, 0.25) is 5.91 Å². The maximum absolute atomic E-state index is 13.5. The van der Waals surface area contributed by atoms with Crippen molar-refractivity contribution in [3.05, 3.63) is 23.9 Å². The van der Waals surface area contributed by atoms with E-state index >= 15 is 0 Å². The Morgan fingerprint density at radius 1 is 1.33 bits per heavy atom. The Morgan fingerprint density at radius 3 is 2.48 bits per heavy atom. The molecule has 1 aromatic heterocycles. The minimum Gasteiger partial charge on any atom is -0.355 e. The lowest BCUT2D eigenvalue weighted by molar-refractivity contribution is -0.289. The standard InChI is InChI=1S/C12H14F5N3O/c1-3-18-9(21)7-20(2)10-8(5-4-6-19-10)11(13,14)12(15,16)17/h4-6H,3,7H2,1-2H3,(H,18,21). The summed E-state index contributed by atoms with van der Waals surface area (Å²) in [4.78, 5) is 15.9. The first-order valence-corrected chi connectivity index (χ1v) is 5.99. The number of halogens is 5. The molecule has 0 atom stereocenters. The van der Waals surface area contributed by atoms with Gasteiger partial charge in [-0.15, -0.1) is 0 Å². The van der Waals surface area contributed by atoms with E-state index in [2.05, 4.69) is 10.3 Å². The van der Waals surface area contributed by atoms with Crippen LogP contribution < -0.4 is 10.2 Å². The Balaban J connectivity index is 3.13. The van der Waals surface area contributed by atoms with Gasteiger partial charge in [0.05, 0.1) is 12.1 Å². The minimum absolute atomic E-state index is 0.320. The van der Waals surface area contributed by atoms with Crippen LogP contribution in [0.1, 0.15) is 12.5 Å². The Bertz CT molecular complexity index is 504. The summed E-state index contributed by atoms with van der Waals surface area (Å²) in [6.07, 6.45) is -4.66. The van der Waals surface area contributed by atoms with Gasteiger partial charge in [-0.25, -0.2) is 4.98 Å². The van der Waals surface area contributed by atoms with Crippen LogP contribution in [0.2, 0.25) is 0 Å². The monoisotopic (exact) mass is 311 g/mol. The van der Waals surface area contributed by atoms with Gasteiger partial charge in [-0.05, 0) is 19.1 Å². The van der Waals surface area contributed by atoms with E-state index in [1.165, 1.54) is 7.05 Å². The molecule has 118 valence electrons. The average Bonchev–Trinajstić information content (AvgIpc) is 2.37. The van der Waals surface area contributed by atoms with E-state index < -0.39 is 29.4 Å². The largest absolute Gasteiger partial charge is 0.458 e. The van der Waals surface area contributed by atoms with E-state index in [1.807, 2.05) is 0 Å². The summed E-state index contributed by atoms with van der Waals surface area (Å²) < 4.78 is 64.4. The topological polar surface area (TPSA) is 45.2 Å². The van der Waals surface area contributed by atoms with Gasteiger partial charge in [-0.1, -0.05) is 0 Å². The van der Waals surface area contributed by atoms with Crippen LogP contribution in [0.3, 0.4) is 0 Å². The third kappa shape index (κ3) is 3.79. The predicted molar refractivity (Wildman–Crippen MR) is 66.1 cm³/mol. The summed E-state index contributed by atoms with van der Waals surface area (Å²) in [7, 11) is 1.22. The number of carbonyl (C=O) groups excluding carboxylic acids is 1. The summed E-state index contributed by atoms with van der Waals surface area (Å²) in [6, 6.07) is 1.63. The van der Waals surface area contributed by atoms with Crippen LogP contribution in [0.25, 0.3) is 0 Å². The van der Waals surface area contributed by atoms with Gasteiger partial charge in [0.25, 0.3) is 0 Å². The molecule has 1 N–H and O–H groups in total. The number of amides is 1. The normalized spacial score (nSPS) is 12.1. The molecule has 0 aliphatic rings. The van der Waals surface area contributed by atoms with Crippen LogP contribution >= 0.6 is 0 Å². The SMILES string of the molecule is CCNC(=O)CN(C)c1ncccc1C(F)(F)C(F)(F)F. The maximum Gasteiger partial charge on any atom is 0.458 e. The molecule has 0 aliphatic carbocycles. The first-order chi connectivity index (χ1) is 9.61. The van der Waals surface area contributed by atoms with Gasteiger partial charge in [0.1, 0.15) is 5.82 Å². The second-order valence-corrected chi connectivity index (χ2v) is 4.26. The highest BCUT2D eigenvalue weighted by Gasteiger charge is 2.60. The van der Waals surface area contributed by atoms with E-state index in [0.717, 1.165) is 17.2 Å². The second kappa shape index (κ2) is 6.23. The number of hydrogen-bond acceptors (Lipinski definition) is 3. The Hall–Kier alpha value is -1.93. The van der Waals surface area contributed by atoms with Gasteiger partial charge in [-0.3, -0.25) is 4.79 Å². The van der Waals surface area contributed by atoms with Gasteiger partial charge in [-0.2, -0.15) is 22.0 Å². The van der Waals surface area contributed by atoms with Gasteiger partial charge < -0.3 is 10.2 Å². The third-order valence-corrected chi connectivity index (χ3v) is 2.60. The fraction of sp³-hybridized carbons (Fsp3) is 0.500. The molecule has 0 saturated heterocycles. The maximum atomic E-state index is 13.5. The molecule has 1 rings (SSSR count). The highest BCUT2D eigenvalue weighted by molar-refractivity contribution is 5.81. The van der Waals surface area contributed by atoms with Crippen LogP contribution in [0.4, 0.5) is 27.8 Å². The van der Waals surface area contributed by atoms with E-state index in [1.54, 1.807) is 6.92 Å². The van der Waals surface area contributed by atoms with Crippen LogP contribution in [0.5, 0.6) is 0 Å². The van der Waals surface area contributed by atoms with Crippen LogP contribution in [0, 0.1) is 0 Å². The van der Waals surface area contributed by atoms with Crippen molar-refractivity contribution in [1.29, 1.82) is 0 Å². The number of nitrogens with zero attached hydrogens (tertiary/aromatic N) is 2. The van der Waals surface area contributed by atoms with Crippen molar-refractivity contribution < 1.29 is 26.7 Å². The van der Waals surface area contributed by atoms with Crippen molar-refractivity contribution >= 4 is 11.7 Å². The number of nitrogens with one attached hydrogen (secondary N) is 1. The zero-order chi connectivity index (χ0) is 16.3. The number of aromatic nitrogens is 1. The highest BCUT2D eigenvalue weighted by atomic mass is 19.4. The van der Waals surface area contributed by atoms with Crippen molar-refractivity contribution in [2.75, 3.05) is 25.0 Å². The number of anilines is 1. The average molecular weight is 311 g/mol. The highest BCUT2D eigenvalue weighted by Crippen LogP contribution is 2.46. The summed E-state index contributed by atoms with van der Waals surface area (Å²) in [5.74, 6) is -6.15. The van der Waals surface area contributed by atoms with E-state index in [0.29, 0.717) is 12.6 Å². The number of likely N-dealkylation sites (N-methyl/N-ethyl adjacent to an activating group) is 2. The Morgan fingerprint density at radius 2 is 1.95 bits per heavy atom.